The first-order chi connectivity index (χ1) is 16.3. The lowest BCUT2D eigenvalue weighted by Gasteiger charge is -2.28. The van der Waals surface area contributed by atoms with E-state index in [-0.39, 0.29) is 10.6 Å². The van der Waals surface area contributed by atoms with Crippen LogP contribution in [0.1, 0.15) is 11.1 Å². The minimum atomic E-state index is -0.616. The molecule has 0 aliphatic carbocycles. The van der Waals surface area contributed by atoms with Crippen molar-refractivity contribution in [1.82, 2.24) is 4.90 Å². The van der Waals surface area contributed by atoms with Crippen LogP contribution in [0.3, 0.4) is 0 Å². The number of nitrogens with one attached hydrogen (secondary N) is 1. The first-order valence-corrected chi connectivity index (χ1v) is 11.4. The number of carbonyl (C=O) groups is 3. The zero-order valence-corrected chi connectivity index (χ0v) is 19.2. The van der Waals surface area contributed by atoms with Crippen molar-refractivity contribution in [2.75, 3.05) is 43.1 Å². The van der Waals surface area contributed by atoms with Gasteiger partial charge in [-0.05, 0) is 54.1 Å². The number of anilines is 2. The van der Waals surface area contributed by atoms with Crippen LogP contribution in [-0.2, 0) is 14.3 Å². The minimum absolute atomic E-state index is 0.0904. The van der Waals surface area contributed by atoms with E-state index in [1.165, 1.54) is 12.1 Å². The monoisotopic (exact) mass is 482 g/mol. The number of amides is 3. The third-order valence-corrected chi connectivity index (χ3v) is 6.23. The molecule has 176 valence electrons. The number of nitrogens with zero attached hydrogens (tertiary/aromatic N) is 3. The van der Waals surface area contributed by atoms with E-state index in [0.29, 0.717) is 55.0 Å². The summed E-state index contributed by atoms with van der Waals surface area (Å²) in [6.07, 6.45) is 1.43. The smallest absolute Gasteiger partial charge is 0.294 e. The van der Waals surface area contributed by atoms with Crippen LogP contribution >= 0.6 is 11.8 Å². The molecule has 2 fully saturated rings. The molecular formula is C23H22N4O6S. The normalized spacial score (nSPS) is 17.4. The van der Waals surface area contributed by atoms with Crippen molar-refractivity contribution in [1.29, 1.82) is 0 Å². The van der Waals surface area contributed by atoms with E-state index >= 15 is 0 Å². The molecule has 0 aromatic heterocycles. The Morgan fingerprint density at radius 2 is 1.97 bits per heavy atom. The van der Waals surface area contributed by atoms with Gasteiger partial charge >= 0.3 is 0 Å². The van der Waals surface area contributed by atoms with Gasteiger partial charge in [-0.15, -0.1) is 0 Å². The summed E-state index contributed by atoms with van der Waals surface area (Å²) in [6.45, 7) is 3.53. The summed E-state index contributed by atoms with van der Waals surface area (Å²) >= 11 is 0.696. The first kappa shape index (κ1) is 23.5. The summed E-state index contributed by atoms with van der Waals surface area (Å²) in [5.74, 6) is -1.12. The van der Waals surface area contributed by atoms with Crippen molar-refractivity contribution >= 4 is 52.0 Å². The van der Waals surface area contributed by atoms with E-state index in [2.05, 4.69) is 5.32 Å². The Hall–Kier alpha value is -3.70. The molecule has 2 aliphatic rings. The number of carbonyl (C=O) groups excluding carboxylic acids is 3. The maximum absolute atomic E-state index is 12.8. The number of nitro benzene ring substituents is 1. The van der Waals surface area contributed by atoms with Crippen molar-refractivity contribution in [2.24, 2.45) is 0 Å². The van der Waals surface area contributed by atoms with Crippen molar-refractivity contribution in [2.45, 2.75) is 6.92 Å². The number of ether oxygens (including phenoxy) is 1. The van der Waals surface area contributed by atoms with Crippen LogP contribution in [0.15, 0.2) is 47.4 Å². The minimum Gasteiger partial charge on any atom is -0.378 e. The molecule has 2 aromatic rings. The zero-order chi connectivity index (χ0) is 24.2. The Morgan fingerprint density at radius 1 is 1.21 bits per heavy atom. The maximum Gasteiger partial charge on any atom is 0.294 e. The van der Waals surface area contributed by atoms with Crippen molar-refractivity contribution in [3.8, 4) is 0 Å². The molecular weight excluding hydrogens is 460 g/mol. The van der Waals surface area contributed by atoms with E-state index < -0.39 is 28.5 Å². The molecule has 10 nitrogen and oxygen atoms in total. The molecule has 2 heterocycles. The van der Waals surface area contributed by atoms with Gasteiger partial charge in [-0.2, -0.15) is 0 Å². The third-order valence-electron chi connectivity index (χ3n) is 5.32. The molecule has 11 heteroatoms. The standard InChI is InChI=1S/C23H22N4O6S/c1-15-3-2-4-17(11-15)24-21(28)14-26-22(29)20(34-23(26)30)13-16-5-6-18(19(12-16)27(31)32)25-7-9-33-10-8-25/h2-6,11-13H,7-10,14H2,1H3,(H,24,28)/b20-13-. The van der Waals surface area contributed by atoms with Crippen LogP contribution in [0.2, 0.25) is 0 Å². The molecule has 0 spiro atoms. The fraction of sp³-hybridized carbons (Fsp3) is 0.261. The average Bonchev–Trinajstić information content (AvgIpc) is 3.06. The van der Waals surface area contributed by atoms with Crippen LogP contribution in [0.4, 0.5) is 21.9 Å². The van der Waals surface area contributed by atoms with Gasteiger partial charge in [0.2, 0.25) is 5.91 Å². The van der Waals surface area contributed by atoms with Gasteiger partial charge in [0.15, 0.2) is 0 Å². The summed E-state index contributed by atoms with van der Waals surface area (Å²) in [5, 5.41) is 13.8. The van der Waals surface area contributed by atoms with Crippen molar-refractivity contribution < 1.29 is 24.0 Å². The predicted molar refractivity (Wildman–Crippen MR) is 129 cm³/mol. The first-order valence-electron chi connectivity index (χ1n) is 10.5. The largest absolute Gasteiger partial charge is 0.378 e. The van der Waals surface area contributed by atoms with Gasteiger partial charge < -0.3 is 15.0 Å². The number of hydrogen-bond acceptors (Lipinski definition) is 8. The van der Waals surface area contributed by atoms with E-state index in [9.17, 15) is 24.5 Å². The highest BCUT2D eigenvalue weighted by Crippen LogP contribution is 2.35. The Kier molecular flexibility index (Phi) is 6.94. The highest BCUT2D eigenvalue weighted by Gasteiger charge is 2.36. The number of aryl methyl sites for hydroxylation is 1. The van der Waals surface area contributed by atoms with E-state index in [4.69, 9.17) is 4.74 Å². The molecule has 2 saturated heterocycles. The van der Waals surface area contributed by atoms with Crippen LogP contribution in [0, 0.1) is 17.0 Å². The Labute approximate surface area is 199 Å². The number of morpholine rings is 1. The molecule has 34 heavy (non-hydrogen) atoms. The van der Waals surface area contributed by atoms with Crippen LogP contribution < -0.4 is 10.2 Å². The average molecular weight is 483 g/mol. The molecule has 0 bridgehead atoms. The lowest BCUT2D eigenvalue weighted by molar-refractivity contribution is -0.384. The number of nitro groups is 1. The number of rotatable bonds is 6. The SMILES string of the molecule is Cc1cccc(NC(=O)CN2C(=O)S/C(=C\c3ccc(N4CCOCC4)c([N+](=O)[O-])c3)C2=O)c1. The molecule has 0 atom stereocenters. The van der Waals surface area contributed by atoms with Crippen molar-refractivity contribution in [3.05, 3.63) is 68.6 Å². The molecule has 0 radical (unpaired) electrons. The topological polar surface area (TPSA) is 122 Å². The van der Waals surface area contributed by atoms with Gasteiger partial charge in [0.1, 0.15) is 12.2 Å². The van der Waals surface area contributed by atoms with Gasteiger partial charge in [-0.25, -0.2) is 0 Å². The van der Waals surface area contributed by atoms with Crippen LogP contribution in [-0.4, -0.2) is 59.7 Å². The maximum atomic E-state index is 12.8. The molecule has 0 unspecified atom stereocenters. The van der Waals surface area contributed by atoms with Crippen molar-refractivity contribution in [3.63, 3.8) is 0 Å². The summed E-state index contributed by atoms with van der Waals surface area (Å²) in [5.41, 5.74) is 2.33. The fourth-order valence-electron chi connectivity index (χ4n) is 3.70. The molecule has 2 aromatic carbocycles. The van der Waals surface area contributed by atoms with Gasteiger partial charge in [0.25, 0.3) is 16.8 Å². The summed E-state index contributed by atoms with van der Waals surface area (Å²) in [4.78, 5) is 51.6. The number of benzene rings is 2. The fourth-order valence-corrected chi connectivity index (χ4v) is 4.54. The summed E-state index contributed by atoms with van der Waals surface area (Å²) in [6, 6.07) is 11.8. The predicted octanol–water partition coefficient (Wildman–Crippen LogP) is 3.41. The number of imide groups is 1. The van der Waals surface area contributed by atoms with E-state index in [0.717, 1.165) is 10.5 Å². The molecule has 4 rings (SSSR count). The number of thioether (sulfide) groups is 1. The Morgan fingerprint density at radius 3 is 2.68 bits per heavy atom. The lowest BCUT2D eigenvalue weighted by atomic mass is 10.1. The summed E-state index contributed by atoms with van der Waals surface area (Å²) in [7, 11) is 0. The van der Waals surface area contributed by atoms with Gasteiger partial charge in [-0.1, -0.05) is 18.2 Å². The van der Waals surface area contributed by atoms with Crippen LogP contribution in [0.25, 0.3) is 6.08 Å². The molecule has 2 aliphatic heterocycles. The molecule has 0 saturated carbocycles. The third kappa shape index (κ3) is 5.26. The number of hydrogen-bond donors (Lipinski definition) is 1. The quantitative estimate of drug-likeness (QED) is 0.378. The Balaban J connectivity index is 1.49. The zero-order valence-electron chi connectivity index (χ0n) is 18.4. The Bertz CT molecular complexity index is 1190. The molecule has 3 amide bonds. The van der Waals surface area contributed by atoms with Gasteiger partial charge in [-0.3, -0.25) is 29.4 Å². The highest BCUT2D eigenvalue weighted by atomic mass is 32.2. The van der Waals surface area contributed by atoms with Gasteiger partial charge in [0.05, 0.1) is 23.0 Å². The summed E-state index contributed by atoms with van der Waals surface area (Å²) < 4.78 is 5.31. The highest BCUT2D eigenvalue weighted by molar-refractivity contribution is 8.18. The molecule has 1 N–H and O–H groups in total. The van der Waals surface area contributed by atoms with Gasteiger partial charge in [0, 0.05) is 24.8 Å². The second-order valence-corrected chi connectivity index (χ2v) is 8.78. The van der Waals surface area contributed by atoms with E-state index in [1.54, 1.807) is 30.3 Å². The second-order valence-electron chi connectivity index (χ2n) is 7.79. The van der Waals surface area contributed by atoms with Crippen LogP contribution in [0.5, 0.6) is 0 Å². The van der Waals surface area contributed by atoms with E-state index in [1.807, 2.05) is 17.9 Å². The second kappa shape index (κ2) is 10.1. The lowest BCUT2D eigenvalue weighted by Crippen LogP contribution is -2.36.